The lowest BCUT2D eigenvalue weighted by Gasteiger charge is -2.31. The molecule has 6 nitrogen and oxygen atoms in total. The molecule has 2 aromatic carbocycles. The molecule has 1 aliphatic heterocycles. The van der Waals surface area contributed by atoms with Crippen LogP contribution in [0.2, 0.25) is 5.02 Å². The third kappa shape index (κ3) is 4.83. The van der Waals surface area contributed by atoms with Crippen LogP contribution in [0, 0.1) is 0 Å². The van der Waals surface area contributed by atoms with Crippen molar-refractivity contribution in [3.63, 3.8) is 0 Å². The molecule has 4 rings (SSSR count). The molecule has 1 saturated carbocycles. The summed E-state index contributed by atoms with van der Waals surface area (Å²) in [4.78, 5) is 38.6. The fraction of sp³-hybridized carbons (Fsp3) is 0.261. The van der Waals surface area contributed by atoms with E-state index in [9.17, 15) is 14.4 Å². The van der Waals surface area contributed by atoms with Gasteiger partial charge in [0.05, 0.1) is 4.47 Å². The van der Waals surface area contributed by atoms with Crippen molar-refractivity contribution in [2.45, 2.75) is 38.3 Å². The average Bonchev–Trinajstić information content (AvgIpc) is 3.26. The van der Waals surface area contributed by atoms with Crippen LogP contribution in [-0.2, 0) is 16.2 Å². The average molecular weight is 504 g/mol. The van der Waals surface area contributed by atoms with Crippen molar-refractivity contribution < 1.29 is 19.1 Å². The Bertz CT molecular complexity index is 1060. The van der Waals surface area contributed by atoms with Gasteiger partial charge in [-0.2, -0.15) is 0 Å². The molecule has 0 atom stereocenters. The zero-order chi connectivity index (χ0) is 22.0. The van der Waals surface area contributed by atoms with Crippen LogP contribution in [0.4, 0.5) is 4.79 Å². The van der Waals surface area contributed by atoms with Crippen LogP contribution in [0.25, 0.3) is 6.08 Å². The maximum atomic E-state index is 12.9. The van der Waals surface area contributed by atoms with Crippen LogP contribution < -0.4 is 10.1 Å². The Hall–Kier alpha value is -2.64. The first-order valence-electron chi connectivity index (χ1n) is 10.00. The molecular weight excluding hydrogens is 484 g/mol. The van der Waals surface area contributed by atoms with Gasteiger partial charge in [0.1, 0.15) is 17.9 Å². The van der Waals surface area contributed by atoms with Crippen LogP contribution in [0.1, 0.15) is 36.8 Å². The Kier molecular flexibility index (Phi) is 6.43. The van der Waals surface area contributed by atoms with Crippen LogP contribution in [0.3, 0.4) is 0 Å². The predicted molar refractivity (Wildman–Crippen MR) is 121 cm³/mol. The van der Waals surface area contributed by atoms with Gasteiger partial charge in [0.15, 0.2) is 0 Å². The van der Waals surface area contributed by atoms with Gasteiger partial charge in [0.2, 0.25) is 0 Å². The highest BCUT2D eigenvalue weighted by molar-refractivity contribution is 9.10. The molecular formula is C23H20BrClN2O4. The molecule has 4 amide bonds. The van der Waals surface area contributed by atoms with Gasteiger partial charge in [-0.3, -0.25) is 19.8 Å². The molecule has 160 valence electrons. The molecule has 0 spiro atoms. The number of ether oxygens (including phenoxy) is 1. The predicted octanol–water partition coefficient (Wildman–Crippen LogP) is 5.09. The van der Waals surface area contributed by atoms with E-state index in [-0.39, 0.29) is 11.6 Å². The number of benzene rings is 2. The number of hydrogen-bond donors (Lipinski definition) is 1. The number of hydrogen-bond acceptors (Lipinski definition) is 4. The van der Waals surface area contributed by atoms with E-state index in [1.165, 1.54) is 11.0 Å². The minimum absolute atomic E-state index is 0.0479. The lowest BCUT2D eigenvalue weighted by Crippen LogP contribution is -2.57. The lowest BCUT2D eigenvalue weighted by atomic mass is 10.1. The number of barbiturate groups is 1. The molecule has 2 aromatic rings. The summed E-state index contributed by atoms with van der Waals surface area (Å²) in [5.74, 6) is -0.595. The standard InChI is InChI=1S/C23H20BrClN2O4/c24-19-12-15(7-10-20(19)31-13-14-5-8-16(25)9-6-14)11-18-21(28)26-23(30)27(22(18)29)17-3-1-2-4-17/h5-12,17H,1-4,13H2,(H,26,28,30)/b18-11+. The number of nitrogens with one attached hydrogen (secondary N) is 1. The number of carbonyl (C=O) groups is 3. The van der Waals surface area contributed by atoms with Crippen molar-refractivity contribution in [3.8, 4) is 5.75 Å². The van der Waals surface area contributed by atoms with Gasteiger partial charge in [-0.25, -0.2) is 4.79 Å². The van der Waals surface area contributed by atoms with Gasteiger partial charge >= 0.3 is 6.03 Å². The van der Waals surface area contributed by atoms with Gasteiger partial charge in [-0.15, -0.1) is 0 Å². The topological polar surface area (TPSA) is 75.7 Å². The van der Waals surface area contributed by atoms with Crippen molar-refractivity contribution in [1.82, 2.24) is 10.2 Å². The van der Waals surface area contributed by atoms with Gasteiger partial charge in [-0.1, -0.05) is 42.6 Å². The molecule has 1 saturated heterocycles. The van der Waals surface area contributed by atoms with Crippen molar-refractivity contribution in [3.05, 3.63) is 68.7 Å². The Morgan fingerprint density at radius 2 is 1.81 bits per heavy atom. The zero-order valence-electron chi connectivity index (χ0n) is 16.6. The fourth-order valence-corrected chi connectivity index (χ4v) is 4.43. The molecule has 1 heterocycles. The van der Waals surface area contributed by atoms with Crippen LogP contribution in [0.15, 0.2) is 52.5 Å². The van der Waals surface area contributed by atoms with E-state index in [1.807, 2.05) is 12.1 Å². The summed E-state index contributed by atoms with van der Waals surface area (Å²) in [6.07, 6.45) is 4.98. The summed E-state index contributed by atoms with van der Waals surface area (Å²) in [5, 5.41) is 2.95. The number of nitrogens with zero attached hydrogens (tertiary/aromatic N) is 1. The number of halogens is 2. The first kappa shape index (κ1) is 21.6. The molecule has 2 fully saturated rings. The van der Waals surface area contributed by atoms with Crippen LogP contribution in [0.5, 0.6) is 5.75 Å². The molecule has 0 unspecified atom stereocenters. The molecule has 0 radical (unpaired) electrons. The van der Waals surface area contributed by atoms with E-state index in [0.717, 1.165) is 31.2 Å². The molecule has 2 aliphatic rings. The largest absolute Gasteiger partial charge is 0.488 e. The molecule has 8 heteroatoms. The van der Waals surface area contributed by atoms with E-state index in [4.69, 9.17) is 16.3 Å². The second-order valence-electron chi connectivity index (χ2n) is 7.54. The van der Waals surface area contributed by atoms with Gasteiger partial charge < -0.3 is 4.74 Å². The maximum Gasteiger partial charge on any atom is 0.331 e. The smallest absolute Gasteiger partial charge is 0.331 e. The van der Waals surface area contributed by atoms with E-state index in [2.05, 4.69) is 21.2 Å². The number of urea groups is 1. The number of rotatable bonds is 5. The molecule has 1 N–H and O–H groups in total. The minimum atomic E-state index is -0.677. The summed E-state index contributed by atoms with van der Waals surface area (Å²) in [6.45, 7) is 0.371. The molecule has 31 heavy (non-hydrogen) atoms. The third-order valence-corrected chi connectivity index (χ3v) is 6.27. The van der Waals surface area contributed by atoms with Crippen LogP contribution in [-0.4, -0.2) is 28.8 Å². The first-order valence-corrected chi connectivity index (χ1v) is 11.2. The molecule has 1 aliphatic carbocycles. The first-order chi connectivity index (χ1) is 14.9. The van der Waals surface area contributed by atoms with Crippen molar-refractivity contribution in [2.24, 2.45) is 0 Å². The van der Waals surface area contributed by atoms with Gasteiger partial charge in [-0.05, 0) is 70.2 Å². The summed E-state index contributed by atoms with van der Waals surface area (Å²) in [6, 6.07) is 11.9. The second-order valence-corrected chi connectivity index (χ2v) is 8.83. The highest BCUT2D eigenvalue weighted by Crippen LogP contribution is 2.30. The Morgan fingerprint density at radius 3 is 2.48 bits per heavy atom. The second kappa shape index (κ2) is 9.24. The van der Waals surface area contributed by atoms with E-state index in [0.29, 0.717) is 27.4 Å². The quantitative estimate of drug-likeness (QED) is 0.456. The summed E-state index contributed by atoms with van der Waals surface area (Å²) < 4.78 is 6.52. The number of carbonyl (C=O) groups excluding carboxylic acids is 3. The van der Waals surface area contributed by atoms with Crippen molar-refractivity contribution >= 4 is 51.5 Å². The van der Waals surface area contributed by atoms with Gasteiger partial charge in [0, 0.05) is 11.1 Å². The Labute approximate surface area is 193 Å². The van der Waals surface area contributed by atoms with Gasteiger partial charge in [0.25, 0.3) is 11.8 Å². The van der Waals surface area contributed by atoms with E-state index in [1.54, 1.807) is 30.3 Å². The van der Waals surface area contributed by atoms with E-state index < -0.39 is 17.8 Å². The minimum Gasteiger partial charge on any atom is -0.488 e. The monoisotopic (exact) mass is 502 g/mol. The molecule has 0 aromatic heterocycles. The zero-order valence-corrected chi connectivity index (χ0v) is 18.9. The maximum absolute atomic E-state index is 12.9. The van der Waals surface area contributed by atoms with Crippen molar-refractivity contribution in [1.29, 1.82) is 0 Å². The highest BCUT2D eigenvalue weighted by atomic mass is 79.9. The summed E-state index contributed by atoms with van der Waals surface area (Å²) >= 11 is 9.38. The Morgan fingerprint density at radius 1 is 1.10 bits per heavy atom. The summed E-state index contributed by atoms with van der Waals surface area (Å²) in [5.41, 5.74) is 1.57. The van der Waals surface area contributed by atoms with E-state index >= 15 is 0 Å². The third-order valence-electron chi connectivity index (χ3n) is 5.40. The molecule has 0 bridgehead atoms. The fourth-order valence-electron chi connectivity index (χ4n) is 3.80. The summed E-state index contributed by atoms with van der Waals surface area (Å²) in [7, 11) is 0. The normalized spacial score (nSPS) is 18.6. The van der Waals surface area contributed by atoms with Crippen LogP contribution >= 0.6 is 27.5 Å². The highest BCUT2D eigenvalue weighted by Gasteiger charge is 2.40. The Balaban J connectivity index is 1.51. The SMILES string of the molecule is O=C1NC(=O)N(C2CCCC2)C(=O)/C1=C/c1ccc(OCc2ccc(Cl)cc2)c(Br)c1. The number of amides is 4. The lowest BCUT2D eigenvalue weighted by molar-refractivity contribution is -0.131. The van der Waals surface area contributed by atoms with Crippen molar-refractivity contribution in [2.75, 3.05) is 0 Å². The number of imide groups is 2.